The van der Waals surface area contributed by atoms with Gasteiger partial charge in [0, 0.05) is 20.2 Å². The van der Waals surface area contributed by atoms with Gasteiger partial charge in [0.25, 0.3) is 0 Å². The first-order chi connectivity index (χ1) is 11.1. The predicted molar refractivity (Wildman–Crippen MR) is 82.4 cm³/mol. The lowest BCUT2D eigenvalue weighted by Crippen LogP contribution is -2.26. The maximum absolute atomic E-state index is 13.7. The second-order valence-corrected chi connectivity index (χ2v) is 5.09. The second-order valence-electron chi connectivity index (χ2n) is 5.09. The number of hydrogen-bond donors (Lipinski definition) is 0. The molecule has 0 radical (unpaired) electrons. The molecule has 0 spiro atoms. The fourth-order valence-electron chi connectivity index (χ4n) is 2.25. The lowest BCUT2D eigenvalue weighted by Gasteiger charge is -2.21. The molecule has 0 unspecified atom stereocenters. The Morgan fingerprint density at radius 2 is 2.09 bits per heavy atom. The summed E-state index contributed by atoms with van der Waals surface area (Å²) in [5.74, 6) is -0.440. The van der Waals surface area contributed by atoms with E-state index in [0.29, 0.717) is 26.2 Å². The third-order valence-corrected chi connectivity index (χ3v) is 3.41. The summed E-state index contributed by atoms with van der Waals surface area (Å²) in [7, 11) is 2.87. The van der Waals surface area contributed by atoms with Gasteiger partial charge in [-0.25, -0.2) is 9.18 Å². The minimum atomic E-state index is -0.682. The molecule has 1 aromatic carbocycles. The quantitative estimate of drug-likeness (QED) is 0.700. The van der Waals surface area contributed by atoms with Gasteiger partial charge < -0.3 is 13.9 Å². The summed E-state index contributed by atoms with van der Waals surface area (Å²) < 4.78 is 28.8. The van der Waals surface area contributed by atoms with Crippen molar-refractivity contribution in [2.24, 2.45) is 0 Å². The Balaban J connectivity index is 2.13. The largest absolute Gasteiger partial charge is 0.468 e. The number of hydrogen-bond acceptors (Lipinski definition) is 5. The monoisotopic (exact) mass is 321 g/mol. The van der Waals surface area contributed by atoms with Crippen molar-refractivity contribution < 1.29 is 23.1 Å². The van der Waals surface area contributed by atoms with Gasteiger partial charge in [0.1, 0.15) is 11.6 Å². The third kappa shape index (κ3) is 4.91. The molecule has 0 aliphatic rings. The van der Waals surface area contributed by atoms with Crippen LogP contribution in [0.3, 0.4) is 0 Å². The summed E-state index contributed by atoms with van der Waals surface area (Å²) in [6.07, 6.45) is 1.62. The van der Waals surface area contributed by atoms with Crippen LogP contribution < -0.4 is 0 Å². The van der Waals surface area contributed by atoms with E-state index in [1.165, 1.54) is 19.2 Å². The van der Waals surface area contributed by atoms with E-state index in [0.717, 1.165) is 11.3 Å². The molecular weight excluding hydrogens is 301 g/mol. The molecule has 0 N–H and O–H groups in total. The molecule has 0 bridgehead atoms. The van der Waals surface area contributed by atoms with E-state index in [4.69, 9.17) is 9.15 Å². The van der Waals surface area contributed by atoms with Gasteiger partial charge in [-0.3, -0.25) is 4.90 Å². The smallest absolute Gasteiger partial charge is 0.340 e. The van der Waals surface area contributed by atoms with E-state index in [1.54, 1.807) is 19.4 Å². The van der Waals surface area contributed by atoms with Crippen molar-refractivity contribution in [3.05, 3.63) is 59.3 Å². The summed E-state index contributed by atoms with van der Waals surface area (Å²) in [5, 5.41) is 0. The maximum Gasteiger partial charge on any atom is 0.340 e. The van der Waals surface area contributed by atoms with Crippen LogP contribution >= 0.6 is 0 Å². The van der Waals surface area contributed by atoms with Gasteiger partial charge in [-0.15, -0.1) is 0 Å². The maximum atomic E-state index is 13.7. The summed E-state index contributed by atoms with van der Waals surface area (Å²) in [6.45, 7) is 2.38. The van der Waals surface area contributed by atoms with Crippen LogP contribution in [0.25, 0.3) is 0 Å². The van der Waals surface area contributed by atoms with Crippen molar-refractivity contribution in [3.8, 4) is 0 Å². The van der Waals surface area contributed by atoms with E-state index < -0.39 is 11.8 Å². The number of furan rings is 1. The third-order valence-electron chi connectivity index (χ3n) is 3.41. The summed E-state index contributed by atoms with van der Waals surface area (Å²) in [4.78, 5) is 13.7. The topological polar surface area (TPSA) is 51.9 Å². The van der Waals surface area contributed by atoms with Gasteiger partial charge in [0.05, 0.1) is 32.1 Å². The van der Waals surface area contributed by atoms with E-state index in [2.05, 4.69) is 9.64 Å². The highest BCUT2D eigenvalue weighted by molar-refractivity contribution is 5.89. The average molecular weight is 321 g/mol. The molecule has 0 aliphatic carbocycles. The summed E-state index contributed by atoms with van der Waals surface area (Å²) in [6, 6.07) is 8.18. The SMILES string of the molecule is COCCN(Cc1ccc(F)c(C(=O)OC)c1)Cc1ccco1. The predicted octanol–water partition coefficient (Wildman–Crippen LogP) is 2.85. The Labute approximate surface area is 134 Å². The number of carbonyl (C=O) groups excluding carboxylic acids is 1. The summed E-state index contributed by atoms with van der Waals surface area (Å²) >= 11 is 0. The molecule has 23 heavy (non-hydrogen) atoms. The van der Waals surface area contributed by atoms with E-state index in [9.17, 15) is 9.18 Å². The number of ether oxygens (including phenoxy) is 2. The first kappa shape index (κ1) is 17.2. The average Bonchev–Trinajstić information content (AvgIpc) is 3.06. The van der Waals surface area contributed by atoms with E-state index in [1.807, 2.05) is 12.1 Å². The summed E-state index contributed by atoms with van der Waals surface area (Å²) in [5.41, 5.74) is 0.754. The molecule has 0 saturated heterocycles. The molecule has 2 rings (SSSR count). The Kier molecular flexibility index (Phi) is 6.31. The molecular formula is C17H20FNO4. The van der Waals surface area contributed by atoms with Crippen LogP contribution in [-0.4, -0.2) is 38.2 Å². The Morgan fingerprint density at radius 1 is 1.26 bits per heavy atom. The van der Waals surface area contributed by atoms with Crippen molar-refractivity contribution in [3.63, 3.8) is 0 Å². The number of esters is 1. The minimum absolute atomic E-state index is 0.0605. The fourth-order valence-corrected chi connectivity index (χ4v) is 2.25. The lowest BCUT2D eigenvalue weighted by atomic mass is 10.1. The molecule has 1 aromatic heterocycles. The van der Waals surface area contributed by atoms with Crippen molar-refractivity contribution in [1.29, 1.82) is 0 Å². The molecule has 0 saturated carbocycles. The Morgan fingerprint density at radius 3 is 2.74 bits per heavy atom. The zero-order valence-corrected chi connectivity index (χ0v) is 13.3. The van der Waals surface area contributed by atoms with Crippen LogP contribution in [-0.2, 0) is 22.6 Å². The molecule has 0 amide bonds. The zero-order valence-electron chi connectivity index (χ0n) is 13.3. The molecule has 0 aliphatic heterocycles. The van der Waals surface area contributed by atoms with Crippen LogP contribution in [0.1, 0.15) is 21.7 Å². The lowest BCUT2D eigenvalue weighted by molar-refractivity contribution is 0.0595. The van der Waals surface area contributed by atoms with Gasteiger partial charge in [0.15, 0.2) is 0 Å². The molecule has 6 heteroatoms. The Hall–Kier alpha value is -2.18. The fraction of sp³-hybridized carbons (Fsp3) is 0.353. The molecule has 2 aromatic rings. The highest BCUT2D eigenvalue weighted by Gasteiger charge is 2.15. The minimum Gasteiger partial charge on any atom is -0.468 e. The highest BCUT2D eigenvalue weighted by atomic mass is 19.1. The number of methoxy groups -OCH3 is 2. The highest BCUT2D eigenvalue weighted by Crippen LogP contribution is 2.15. The number of carbonyl (C=O) groups is 1. The molecule has 0 fully saturated rings. The van der Waals surface area contributed by atoms with Gasteiger partial charge in [-0.2, -0.15) is 0 Å². The molecule has 0 atom stereocenters. The van der Waals surface area contributed by atoms with Crippen molar-refractivity contribution in [1.82, 2.24) is 4.90 Å². The second kappa shape index (κ2) is 8.45. The normalized spacial score (nSPS) is 11.0. The number of rotatable bonds is 8. The van der Waals surface area contributed by atoms with E-state index in [-0.39, 0.29) is 5.56 Å². The first-order valence-electron chi connectivity index (χ1n) is 7.24. The van der Waals surface area contributed by atoms with E-state index >= 15 is 0 Å². The van der Waals surface area contributed by atoms with Crippen LogP contribution in [0.4, 0.5) is 4.39 Å². The standard InChI is InChI=1S/C17H20FNO4/c1-21-9-7-19(12-14-4-3-8-23-14)11-13-5-6-16(18)15(10-13)17(20)22-2/h3-6,8,10H,7,9,11-12H2,1-2H3. The van der Waals surface area contributed by atoms with Gasteiger partial charge in [0.2, 0.25) is 0 Å². The number of benzene rings is 1. The van der Waals surface area contributed by atoms with Gasteiger partial charge >= 0.3 is 5.97 Å². The van der Waals surface area contributed by atoms with Crippen molar-refractivity contribution in [2.45, 2.75) is 13.1 Å². The molecule has 1 heterocycles. The first-order valence-corrected chi connectivity index (χ1v) is 7.24. The molecule has 124 valence electrons. The van der Waals surface area contributed by atoms with Crippen molar-refractivity contribution >= 4 is 5.97 Å². The van der Waals surface area contributed by atoms with Gasteiger partial charge in [-0.05, 0) is 29.8 Å². The molecule has 5 nitrogen and oxygen atoms in total. The van der Waals surface area contributed by atoms with Gasteiger partial charge in [-0.1, -0.05) is 6.07 Å². The number of nitrogens with zero attached hydrogens (tertiary/aromatic N) is 1. The van der Waals surface area contributed by atoms with Crippen LogP contribution in [0.15, 0.2) is 41.0 Å². The van der Waals surface area contributed by atoms with Crippen LogP contribution in [0, 0.1) is 5.82 Å². The zero-order chi connectivity index (χ0) is 16.7. The number of halogens is 1. The van der Waals surface area contributed by atoms with Crippen LogP contribution in [0.5, 0.6) is 0 Å². The van der Waals surface area contributed by atoms with Crippen molar-refractivity contribution in [2.75, 3.05) is 27.4 Å². The Bertz CT molecular complexity index is 628. The van der Waals surface area contributed by atoms with Crippen LogP contribution in [0.2, 0.25) is 0 Å².